The molecule has 1 aliphatic rings. The molecule has 1 heteroatoms. The van der Waals surface area contributed by atoms with Gasteiger partial charge in [-0.1, -0.05) is 51.1 Å². The largest absolute Gasteiger partial charge is 0.298 e. The molecule has 88 valence electrons. The van der Waals surface area contributed by atoms with Gasteiger partial charge in [-0.3, -0.25) is 4.90 Å². The maximum atomic E-state index is 2.60. The highest BCUT2D eigenvalue weighted by Gasteiger charge is 2.30. The fourth-order valence-corrected chi connectivity index (χ4v) is 3.15. The average molecular weight is 217 g/mol. The van der Waals surface area contributed by atoms with Crippen molar-refractivity contribution in [3.8, 4) is 0 Å². The van der Waals surface area contributed by atoms with Crippen molar-refractivity contribution in [1.29, 1.82) is 0 Å². The molecule has 0 aliphatic carbocycles. The summed E-state index contributed by atoms with van der Waals surface area (Å²) in [4.78, 5) is 2.60. The van der Waals surface area contributed by atoms with Gasteiger partial charge in [-0.2, -0.15) is 0 Å². The molecule has 0 amide bonds. The Labute approximate surface area is 99.5 Å². The second-order valence-electron chi connectivity index (χ2n) is 6.13. The molecule has 1 aliphatic heterocycles. The lowest BCUT2D eigenvalue weighted by molar-refractivity contribution is 0.0743. The number of hydrogen-bond donors (Lipinski definition) is 0. The zero-order valence-electron chi connectivity index (χ0n) is 10.7. The van der Waals surface area contributed by atoms with Crippen molar-refractivity contribution in [2.45, 2.75) is 33.7 Å². The minimum atomic E-state index is 0.479. The standard InChI is InChI=1S/C15H23N/c1-13-9-15(2,3)12-16(10-13)11-14-7-5-4-6-8-14/h4-8,13H,9-12H2,1-3H3/t13-/m1/s1. The van der Waals surface area contributed by atoms with Crippen LogP contribution in [-0.4, -0.2) is 18.0 Å². The molecule has 1 aromatic carbocycles. The maximum Gasteiger partial charge on any atom is 0.0234 e. The number of rotatable bonds is 2. The van der Waals surface area contributed by atoms with Crippen LogP contribution in [0.3, 0.4) is 0 Å². The summed E-state index contributed by atoms with van der Waals surface area (Å²) in [5.41, 5.74) is 1.92. The summed E-state index contributed by atoms with van der Waals surface area (Å²) in [5.74, 6) is 0.826. The zero-order chi connectivity index (χ0) is 11.6. The van der Waals surface area contributed by atoms with Crippen LogP contribution in [0.25, 0.3) is 0 Å². The van der Waals surface area contributed by atoms with Gasteiger partial charge in [0.1, 0.15) is 0 Å². The van der Waals surface area contributed by atoms with Crippen LogP contribution in [-0.2, 0) is 6.54 Å². The molecule has 0 saturated carbocycles. The molecule has 0 radical (unpaired) electrons. The summed E-state index contributed by atoms with van der Waals surface area (Å²) in [6, 6.07) is 10.8. The van der Waals surface area contributed by atoms with Gasteiger partial charge in [0.2, 0.25) is 0 Å². The quantitative estimate of drug-likeness (QED) is 0.732. The van der Waals surface area contributed by atoms with Crippen molar-refractivity contribution in [2.24, 2.45) is 11.3 Å². The first kappa shape index (κ1) is 11.7. The summed E-state index contributed by atoms with van der Waals surface area (Å²) in [6.45, 7) is 10.7. The number of nitrogens with zero attached hydrogens (tertiary/aromatic N) is 1. The number of benzene rings is 1. The molecule has 1 heterocycles. The summed E-state index contributed by atoms with van der Waals surface area (Å²) in [5, 5.41) is 0. The van der Waals surface area contributed by atoms with E-state index in [2.05, 4.69) is 56.0 Å². The van der Waals surface area contributed by atoms with E-state index in [0.29, 0.717) is 5.41 Å². The highest BCUT2D eigenvalue weighted by atomic mass is 15.1. The molecule has 0 aromatic heterocycles. The Hall–Kier alpha value is -0.820. The van der Waals surface area contributed by atoms with Crippen molar-refractivity contribution < 1.29 is 0 Å². The monoisotopic (exact) mass is 217 g/mol. The van der Waals surface area contributed by atoms with E-state index in [1.165, 1.54) is 25.1 Å². The van der Waals surface area contributed by atoms with Gasteiger partial charge in [0.15, 0.2) is 0 Å². The average Bonchev–Trinajstić information content (AvgIpc) is 2.15. The Balaban J connectivity index is 2.00. The summed E-state index contributed by atoms with van der Waals surface area (Å²) >= 11 is 0. The molecule has 1 aromatic rings. The topological polar surface area (TPSA) is 3.24 Å². The fourth-order valence-electron chi connectivity index (χ4n) is 3.15. The van der Waals surface area contributed by atoms with Crippen LogP contribution in [0.1, 0.15) is 32.8 Å². The molecule has 1 atom stereocenters. The lowest BCUT2D eigenvalue weighted by atomic mass is 9.79. The lowest BCUT2D eigenvalue weighted by Crippen LogP contribution is -2.43. The molecule has 0 spiro atoms. The fraction of sp³-hybridized carbons (Fsp3) is 0.600. The van der Waals surface area contributed by atoms with Crippen LogP contribution in [0.4, 0.5) is 0 Å². The minimum Gasteiger partial charge on any atom is -0.298 e. The van der Waals surface area contributed by atoms with Crippen LogP contribution in [0, 0.1) is 11.3 Å². The summed E-state index contributed by atoms with van der Waals surface area (Å²) < 4.78 is 0. The van der Waals surface area contributed by atoms with Crippen molar-refractivity contribution in [1.82, 2.24) is 4.90 Å². The van der Waals surface area contributed by atoms with Crippen LogP contribution in [0.15, 0.2) is 30.3 Å². The highest BCUT2D eigenvalue weighted by molar-refractivity contribution is 5.14. The normalized spacial score (nSPS) is 25.6. The first-order valence-corrected chi connectivity index (χ1v) is 6.31. The van der Waals surface area contributed by atoms with E-state index in [4.69, 9.17) is 0 Å². The van der Waals surface area contributed by atoms with Crippen molar-refractivity contribution in [3.05, 3.63) is 35.9 Å². The predicted octanol–water partition coefficient (Wildman–Crippen LogP) is 3.55. The van der Waals surface area contributed by atoms with Crippen LogP contribution in [0.5, 0.6) is 0 Å². The van der Waals surface area contributed by atoms with Gasteiger partial charge in [0.05, 0.1) is 0 Å². The van der Waals surface area contributed by atoms with Gasteiger partial charge in [0.25, 0.3) is 0 Å². The molecular weight excluding hydrogens is 194 g/mol. The van der Waals surface area contributed by atoms with Crippen LogP contribution >= 0.6 is 0 Å². The molecule has 2 rings (SSSR count). The van der Waals surface area contributed by atoms with Gasteiger partial charge >= 0.3 is 0 Å². The van der Waals surface area contributed by atoms with E-state index in [9.17, 15) is 0 Å². The Kier molecular flexibility index (Phi) is 3.34. The number of piperidine rings is 1. The smallest absolute Gasteiger partial charge is 0.0234 e. The van der Waals surface area contributed by atoms with E-state index < -0.39 is 0 Å². The van der Waals surface area contributed by atoms with Gasteiger partial charge in [-0.05, 0) is 23.3 Å². The maximum absolute atomic E-state index is 2.60. The third kappa shape index (κ3) is 3.08. The molecule has 1 saturated heterocycles. The molecule has 0 N–H and O–H groups in total. The van der Waals surface area contributed by atoms with Gasteiger partial charge in [0, 0.05) is 19.6 Å². The van der Waals surface area contributed by atoms with Gasteiger partial charge in [-0.25, -0.2) is 0 Å². The van der Waals surface area contributed by atoms with Crippen molar-refractivity contribution in [2.75, 3.05) is 13.1 Å². The highest BCUT2D eigenvalue weighted by Crippen LogP contribution is 2.32. The summed E-state index contributed by atoms with van der Waals surface area (Å²) in [6.07, 6.45) is 1.36. The Bertz CT molecular complexity index is 329. The second kappa shape index (κ2) is 4.58. The minimum absolute atomic E-state index is 0.479. The van der Waals surface area contributed by atoms with E-state index >= 15 is 0 Å². The first-order valence-electron chi connectivity index (χ1n) is 6.31. The lowest BCUT2D eigenvalue weighted by Gasteiger charge is -2.41. The molecular formula is C15H23N. The van der Waals surface area contributed by atoms with Gasteiger partial charge in [-0.15, -0.1) is 0 Å². The first-order chi connectivity index (χ1) is 7.55. The zero-order valence-corrected chi connectivity index (χ0v) is 10.7. The van der Waals surface area contributed by atoms with E-state index in [-0.39, 0.29) is 0 Å². The number of likely N-dealkylation sites (tertiary alicyclic amines) is 1. The van der Waals surface area contributed by atoms with E-state index in [0.717, 1.165) is 12.5 Å². The Morgan fingerprint density at radius 2 is 1.94 bits per heavy atom. The third-order valence-electron chi connectivity index (χ3n) is 3.37. The Morgan fingerprint density at radius 3 is 2.56 bits per heavy atom. The molecule has 16 heavy (non-hydrogen) atoms. The van der Waals surface area contributed by atoms with Crippen molar-refractivity contribution >= 4 is 0 Å². The van der Waals surface area contributed by atoms with E-state index in [1.54, 1.807) is 0 Å². The van der Waals surface area contributed by atoms with Crippen LogP contribution in [0.2, 0.25) is 0 Å². The van der Waals surface area contributed by atoms with Gasteiger partial charge < -0.3 is 0 Å². The van der Waals surface area contributed by atoms with E-state index in [1.807, 2.05) is 0 Å². The molecule has 1 nitrogen and oxygen atoms in total. The number of hydrogen-bond acceptors (Lipinski definition) is 1. The molecule has 0 unspecified atom stereocenters. The van der Waals surface area contributed by atoms with Crippen LogP contribution < -0.4 is 0 Å². The summed E-state index contributed by atoms with van der Waals surface area (Å²) in [7, 11) is 0. The SMILES string of the molecule is C[C@H]1CN(Cc2ccccc2)CC(C)(C)C1. The predicted molar refractivity (Wildman–Crippen MR) is 69.3 cm³/mol. The Morgan fingerprint density at radius 1 is 1.25 bits per heavy atom. The molecule has 0 bridgehead atoms. The van der Waals surface area contributed by atoms with Crippen molar-refractivity contribution in [3.63, 3.8) is 0 Å². The molecule has 1 fully saturated rings. The second-order valence-corrected chi connectivity index (χ2v) is 6.13. The third-order valence-corrected chi connectivity index (χ3v) is 3.37.